The monoisotopic (exact) mass is 376 g/mol. The Labute approximate surface area is 155 Å². The highest BCUT2D eigenvalue weighted by atomic mass is 19.4. The summed E-state index contributed by atoms with van der Waals surface area (Å²) in [6.45, 7) is 2.19. The minimum atomic E-state index is -4.42. The summed E-state index contributed by atoms with van der Waals surface area (Å²) in [5.41, 5.74) is 1.41. The third-order valence-electron chi connectivity index (χ3n) is 4.56. The molecule has 0 aromatic heterocycles. The average molecular weight is 376 g/mol. The molecule has 3 rings (SSSR count). The lowest BCUT2D eigenvalue weighted by Gasteiger charge is -2.17. The number of carbonyl (C=O) groups is 2. The van der Waals surface area contributed by atoms with Crippen LogP contribution in [0.25, 0.3) is 0 Å². The maximum Gasteiger partial charge on any atom is 0.416 e. The predicted molar refractivity (Wildman–Crippen MR) is 94.9 cm³/mol. The average Bonchev–Trinajstić information content (AvgIpc) is 3.02. The SMILES string of the molecule is Cc1ccc(N2C[C@@H](C(=O)NCc3cccc(C(F)(F)F)c3)CC2=O)cc1. The number of halogens is 3. The molecule has 2 aromatic carbocycles. The molecule has 142 valence electrons. The van der Waals surface area contributed by atoms with Crippen LogP contribution >= 0.6 is 0 Å². The summed E-state index contributed by atoms with van der Waals surface area (Å²) in [4.78, 5) is 26.2. The number of anilines is 1. The molecule has 0 radical (unpaired) electrons. The van der Waals surface area contributed by atoms with Gasteiger partial charge in [-0.25, -0.2) is 0 Å². The molecule has 1 saturated heterocycles. The van der Waals surface area contributed by atoms with E-state index in [0.29, 0.717) is 5.56 Å². The van der Waals surface area contributed by atoms with Crippen LogP contribution in [-0.2, 0) is 22.3 Å². The minimum absolute atomic E-state index is 0.0159. The van der Waals surface area contributed by atoms with E-state index in [0.717, 1.165) is 23.4 Å². The number of carbonyl (C=O) groups excluding carboxylic acids is 2. The van der Waals surface area contributed by atoms with Gasteiger partial charge < -0.3 is 10.2 Å². The Hall–Kier alpha value is -2.83. The summed E-state index contributed by atoms with van der Waals surface area (Å²) in [7, 11) is 0. The summed E-state index contributed by atoms with van der Waals surface area (Å²) in [6.07, 6.45) is -4.34. The van der Waals surface area contributed by atoms with Gasteiger partial charge >= 0.3 is 6.18 Å². The van der Waals surface area contributed by atoms with Crippen LogP contribution in [0, 0.1) is 12.8 Å². The zero-order valence-electron chi connectivity index (χ0n) is 14.7. The van der Waals surface area contributed by atoms with Crippen molar-refractivity contribution in [3.8, 4) is 0 Å². The number of rotatable bonds is 4. The van der Waals surface area contributed by atoms with Crippen LogP contribution in [0.1, 0.15) is 23.1 Å². The molecule has 0 spiro atoms. The molecule has 2 amide bonds. The van der Waals surface area contributed by atoms with Crippen molar-refractivity contribution in [3.05, 3.63) is 65.2 Å². The Balaban J connectivity index is 1.61. The fourth-order valence-corrected chi connectivity index (χ4v) is 3.05. The molecule has 2 aromatic rings. The van der Waals surface area contributed by atoms with Crippen LogP contribution in [0.2, 0.25) is 0 Å². The molecular weight excluding hydrogens is 357 g/mol. The van der Waals surface area contributed by atoms with E-state index in [9.17, 15) is 22.8 Å². The third-order valence-corrected chi connectivity index (χ3v) is 4.56. The Morgan fingerprint density at radius 2 is 1.89 bits per heavy atom. The molecule has 27 heavy (non-hydrogen) atoms. The Morgan fingerprint density at radius 3 is 2.56 bits per heavy atom. The highest BCUT2D eigenvalue weighted by Crippen LogP contribution is 2.29. The second-order valence-electron chi connectivity index (χ2n) is 6.66. The molecule has 1 fully saturated rings. The molecule has 1 atom stereocenters. The summed E-state index contributed by atoms with van der Waals surface area (Å²) in [5, 5.41) is 2.64. The molecule has 1 aliphatic heterocycles. The van der Waals surface area contributed by atoms with Crippen LogP contribution in [-0.4, -0.2) is 18.4 Å². The first-order valence-electron chi connectivity index (χ1n) is 8.55. The number of hydrogen-bond donors (Lipinski definition) is 1. The summed E-state index contributed by atoms with van der Waals surface area (Å²) >= 11 is 0. The largest absolute Gasteiger partial charge is 0.416 e. The summed E-state index contributed by atoms with van der Waals surface area (Å²) in [5.74, 6) is -1.00. The first-order chi connectivity index (χ1) is 12.7. The lowest BCUT2D eigenvalue weighted by atomic mass is 10.1. The summed E-state index contributed by atoms with van der Waals surface area (Å²) in [6, 6.07) is 12.3. The number of alkyl halides is 3. The maximum absolute atomic E-state index is 12.8. The number of nitrogens with one attached hydrogen (secondary N) is 1. The lowest BCUT2D eigenvalue weighted by molar-refractivity contribution is -0.137. The summed E-state index contributed by atoms with van der Waals surface area (Å²) < 4.78 is 38.3. The van der Waals surface area contributed by atoms with Crippen LogP contribution in [0.5, 0.6) is 0 Å². The Kier molecular flexibility index (Phi) is 5.21. The van der Waals surface area contributed by atoms with Gasteiger partial charge in [-0.2, -0.15) is 13.2 Å². The van der Waals surface area contributed by atoms with Crippen LogP contribution in [0.3, 0.4) is 0 Å². The quantitative estimate of drug-likeness (QED) is 0.885. The van der Waals surface area contributed by atoms with Crippen molar-refractivity contribution in [2.45, 2.75) is 26.1 Å². The van der Waals surface area contributed by atoms with E-state index >= 15 is 0 Å². The van der Waals surface area contributed by atoms with Crippen molar-refractivity contribution in [1.29, 1.82) is 0 Å². The number of hydrogen-bond acceptors (Lipinski definition) is 2. The van der Waals surface area contributed by atoms with Crippen molar-refractivity contribution in [2.75, 3.05) is 11.4 Å². The molecule has 4 nitrogen and oxygen atoms in total. The van der Waals surface area contributed by atoms with Gasteiger partial charge in [0, 0.05) is 25.2 Å². The van der Waals surface area contributed by atoms with Gasteiger partial charge in [0.1, 0.15) is 0 Å². The second kappa shape index (κ2) is 7.42. The van der Waals surface area contributed by atoms with E-state index in [1.54, 1.807) is 4.90 Å². The van der Waals surface area contributed by atoms with E-state index in [-0.39, 0.29) is 31.3 Å². The molecular formula is C20H19F3N2O2. The fourth-order valence-electron chi connectivity index (χ4n) is 3.05. The van der Waals surface area contributed by atoms with Gasteiger partial charge in [0.05, 0.1) is 11.5 Å². The van der Waals surface area contributed by atoms with E-state index in [4.69, 9.17) is 0 Å². The zero-order chi connectivity index (χ0) is 19.6. The first-order valence-corrected chi connectivity index (χ1v) is 8.55. The van der Waals surface area contributed by atoms with Gasteiger partial charge in [-0.3, -0.25) is 9.59 Å². The van der Waals surface area contributed by atoms with Gasteiger partial charge in [-0.1, -0.05) is 29.8 Å². The molecule has 1 heterocycles. The van der Waals surface area contributed by atoms with Crippen molar-refractivity contribution < 1.29 is 22.8 Å². The van der Waals surface area contributed by atoms with Crippen molar-refractivity contribution in [3.63, 3.8) is 0 Å². The van der Waals surface area contributed by atoms with Crippen LogP contribution in [0.15, 0.2) is 48.5 Å². The van der Waals surface area contributed by atoms with Crippen molar-refractivity contribution in [1.82, 2.24) is 5.32 Å². The molecule has 0 saturated carbocycles. The Morgan fingerprint density at radius 1 is 1.19 bits per heavy atom. The first kappa shape index (κ1) is 18.9. The lowest BCUT2D eigenvalue weighted by Crippen LogP contribution is -2.32. The van der Waals surface area contributed by atoms with Gasteiger partial charge in [-0.15, -0.1) is 0 Å². The van der Waals surface area contributed by atoms with Gasteiger partial charge in [0.2, 0.25) is 11.8 Å². The van der Waals surface area contributed by atoms with Gasteiger partial charge in [0.15, 0.2) is 0 Å². The smallest absolute Gasteiger partial charge is 0.352 e. The zero-order valence-corrected chi connectivity index (χ0v) is 14.7. The molecule has 0 bridgehead atoms. The third kappa shape index (κ3) is 4.48. The normalized spacial score (nSPS) is 17.3. The number of aryl methyl sites for hydroxylation is 1. The van der Waals surface area contributed by atoms with Gasteiger partial charge in [0.25, 0.3) is 0 Å². The molecule has 7 heteroatoms. The second-order valence-corrected chi connectivity index (χ2v) is 6.66. The highest BCUT2D eigenvalue weighted by Gasteiger charge is 2.35. The topological polar surface area (TPSA) is 49.4 Å². The molecule has 0 aliphatic carbocycles. The van der Waals surface area contributed by atoms with Gasteiger partial charge in [-0.05, 0) is 36.8 Å². The number of nitrogens with zero attached hydrogens (tertiary/aromatic N) is 1. The van der Waals surface area contributed by atoms with E-state index < -0.39 is 17.7 Å². The standard InChI is InChI=1S/C20H19F3N2O2/c1-13-5-7-17(8-6-13)25-12-15(10-18(25)26)19(27)24-11-14-3-2-4-16(9-14)20(21,22)23/h2-9,15H,10-12H2,1H3,(H,24,27)/t15-/m0/s1. The highest BCUT2D eigenvalue weighted by molar-refractivity contribution is 6.00. The minimum Gasteiger partial charge on any atom is -0.352 e. The molecule has 0 unspecified atom stereocenters. The predicted octanol–water partition coefficient (Wildman–Crippen LogP) is 3.68. The Bertz CT molecular complexity index is 847. The fraction of sp³-hybridized carbons (Fsp3) is 0.300. The number of amides is 2. The maximum atomic E-state index is 12.8. The van der Waals surface area contributed by atoms with Crippen molar-refractivity contribution >= 4 is 17.5 Å². The van der Waals surface area contributed by atoms with E-state index in [2.05, 4.69) is 5.32 Å². The van der Waals surface area contributed by atoms with E-state index in [1.807, 2.05) is 31.2 Å². The molecule has 1 N–H and O–H groups in total. The van der Waals surface area contributed by atoms with E-state index in [1.165, 1.54) is 12.1 Å². The van der Waals surface area contributed by atoms with Crippen molar-refractivity contribution in [2.24, 2.45) is 5.92 Å². The van der Waals surface area contributed by atoms with Crippen LogP contribution < -0.4 is 10.2 Å². The van der Waals surface area contributed by atoms with Crippen LogP contribution in [0.4, 0.5) is 18.9 Å². The molecule has 1 aliphatic rings. The number of benzene rings is 2.